The molecule has 1 saturated heterocycles. The maximum absolute atomic E-state index is 14.6. The third-order valence-corrected chi connectivity index (χ3v) is 7.90. The van der Waals surface area contributed by atoms with E-state index in [0.717, 1.165) is 29.8 Å². The molecule has 3 aliphatic rings. The van der Waals surface area contributed by atoms with Gasteiger partial charge >= 0.3 is 0 Å². The number of aromatic nitrogens is 2. The number of carbonyl (C=O) groups excluding carboxylic acids is 1. The summed E-state index contributed by atoms with van der Waals surface area (Å²) in [6.45, 7) is 7.97. The van der Waals surface area contributed by atoms with Crippen molar-refractivity contribution in [3.63, 3.8) is 0 Å². The van der Waals surface area contributed by atoms with Gasteiger partial charge in [-0.25, -0.2) is 4.39 Å². The predicted molar refractivity (Wildman–Crippen MR) is 135 cm³/mol. The molecule has 2 fully saturated rings. The lowest BCUT2D eigenvalue weighted by Crippen LogP contribution is -2.50. The SMILES string of the molecule is CCc1c(F)cccc1Nc1c(-c2ccncc2OC[C@@H]2OCC2(C)C)[nH]c2c1C(=O)NCC21CC1. The number of amides is 1. The Morgan fingerprint density at radius 2 is 2.11 bits per heavy atom. The Balaban J connectivity index is 1.46. The van der Waals surface area contributed by atoms with Crippen molar-refractivity contribution >= 4 is 17.3 Å². The summed E-state index contributed by atoms with van der Waals surface area (Å²) in [4.78, 5) is 21.1. The van der Waals surface area contributed by atoms with E-state index in [4.69, 9.17) is 9.47 Å². The Labute approximate surface area is 209 Å². The minimum absolute atomic E-state index is 0.0000774. The van der Waals surface area contributed by atoms with Crippen molar-refractivity contribution in [1.29, 1.82) is 0 Å². The van der Waals surface area contributed by atoms with Crippen molar-refractivity contribution in [3.05, 3.63) is 59.3 Å². The molecule has 1 aliphatic carbocycles. The number of benzene rings is 1. The fraction of sp³-hybridized carbons (Fsp3) is 0.429. The number of aromatic amines is 1. The van der Waals surface area contributed by atoms with Crippen LogP contribution in [0.5, 0.6) is 5.75 Å². The number of hydrogen-bond donors (Lipinski definition) is 3. The summed E-state index contributed by atoms with van der Waals surface area (Å²) >= 11 is 0. The fourth-order valence-corrected chi connectivity index (χ4v) is 5.30. The third kappa shape index (κ3) is 3.66. The summed E-state index contributed by atoms with van der Waals surface area (Å²) in [5.41, 5.74) is 4.88. The number of carbonyl (C=O) groups is 1. The molecular formula is C28H31FN4O3. The monoisotopic (exact) mass is 490 g/mol. The standard InChI is InChI=1S/C28H31FN4O3/c1-4-16-18(29)6-5-7-19(16)32-24-22-25(28(9-10-28)14-31-26(22)34)33-23(24)17-8-11-30-12-20(17)35-13-21-27(2,3)15-36-21/h5-8,11-12,21,32-33H,4,9-10,13-15H2,1-3H3,(H,31,34)/t21-/m0/s1. The van der Waals surface area contributed by atoms with E-state index in [1.54, 1.807) is 18.5 Å². The van der Waals surface area contributed by atoms with Gasteiger partial charge in [-0.3, -0.25) is 9.78 Å². The lowest BCUT2D eigenvalue weighted by Gasteiger charge is -2.43. The van der Waals surface area contributed by atoms with Gasteiger partial charge in [0.25, 0.3) is 5.91 Å². The summed E-state index contributed by atoms with van der Waals surface area (Å²) in [6, 6.07) is 6.87. The normalized spacial score (nSPS) is 20.9. The molecule has 6 rings (SSSR count). The largest absolute Gasteiger partial charge is 0.489 e. The number of fused-ring (bicyclic) bond motifs is 2. The highest BCUT2D eigenvalue weighted by molar-refractivity contribution is 6.07. The van der Waals surface area contributed by atoms with Crippen LogP contribution in [-0.2, 0) is 16.6 Å². The Kier molecular flexibility index (Phi) is 5.33. The molecule has 2 aromatic heterocycles. The van der Waals surface area contributed by atoms with Gasteiger partial charge in [-0.15, -0.1) is 0 Å². The number of ether oxygens (including phenoxy) is 2. The second-order valence-corrected chi connectivity index (χ2v) is 10.8. The van der Waals surface area contributed by atoms with Gasteiger partial charge in [-0.1, -0.05) is 26.8 Å². The van der Waals surface area contributed by atoms with Gasteiger partial charge in [0.05, 0.1) is 35.9 Å². The van der Waals surface area contributed by atoms with Crippen molar-refractivity contribution < 1.29 is 18.7 Å². The summed E-state index contributed by atoms with van der Waals surface area (Å²) in [6.07, 6.45) is 5.94. The number of rotatable bonds is 7. The van der Waals surface area contributed by atoms with Crippen LogP contribution in [0.15, 0.2) is 36.7 Å². The molecule has 7 nitrogen and oxygen atoms in total. The smallest absolute Gasteiger partial charge is 0.255 e. The van der Waals surface area contributed by atoms with Gasteiger partial charge in [0.15, 0.2) is 0 Å². The van der Waals surface area contributed by atoms with Crippen molar-refractivity contribution in [2.24, 2.45) is 5.41 Å². The van der Waals surface area contributed by atoms with E-state index in [0.29, 0.717) is 54.4 Å². The van der Waals surface area contributed by atoms with E-state index >= 15 is 0 Å². The van der Waals surface area contributed by atoms with Crippen LogP contribution in [0.4, 0.5) is 15.8 Å². The molecule has 1 amide bonds. The van der Waals surface area contributed by atoms with Gasteiger partial charge in [0.1, 0.15) is 18.2 Å². The number of nitrogens with one attached hydrogen (secondary N) is 3. The molecule has 2 aliphatic heterocycles. The Morgan fingerprint density at radius 1 is 1.28 bits per heavy atom. The molecule has 1 aromatic carbocycles. The quantitative estimate of drug-likeness (QED) is 0.429. The van der Waals surface area contributed by atoms with Crippen molar-refractivity contribution in [3.8, 4) is 17.0 Å². The second kappa shape index (κ2) is 8.34. The predicted octanol–water partition coefficient (Wildman–Crippen LogP) is 5.10. The lowest BCUT2D eigenvalue weighted by atomic mass is 9.83. The van der Waals surface area contributed by atoms with E-state index in [1.807, 2.05) is 19.1 Å². The van der Waals surface area contributed by atoms with Crippen LogP contribution >= 0.6 is 0 Å². The minimum Gasteiger partial charge on any atom is -0.489 e. The number of nitrogens with zero attached hydrogens (tertiary/aromatic N) is 1. The fourth-order valence-electron chi connectivity index (χ4n) is 5.30. The van der Waals surface area contributed by atoms with Gasteiger partial charge < -0.3 is 25.1 Å². The molecular weight excluding hydrogens is 459 g/mol. The first-order chi connectivity index (χ1) is 17.3. The first-order valence-electron chi connectivity index (χ1n) is 12.6. The maximum atomic E-state index is 14.6. The van der Waals surface area contributed by atoms with E-state index in [-0.39, 0.29) is 28.7 Å². The summed E-state index contributed by atoms with van der Waals surface area (Å²) < 4.78 is 26.6. The van der Waals surface area contributed by atoms with E-state index < -0.39 is 0 Å². The minimum atomic E-state index is -0.271. The highest BCUT2D eigenvalue weighted by Crippen LogP contribution is 2.54. The molecule has 1 saturated carbocycles. The third-order valence-electron chi connectivity index (χ3n) is 7.90. The van der Waals surface area contributed by atoms with Crippen LogP contribution in [0, 0.1) is 11.2 Å². The molecule has 1 atom stereocenters. The van der Waals surface area contributed by atoms with E-state index in [1.165, 1.54) is 6.07 Å². The molecule has 8 heteroatoms. The molecule has 3 aromatic rings. The molecule has 0 unspecified atom stereocenters. The summed E-state index contributed by atoms with van der Waals surface area (Å²) in [5.74, 6) is 0.196. The van der Waals surface area contributed by atoms with Crippen LogP contribution in [0.25, 0.3) is 11.3 Å². The number of hydrogen-bond acceptors (Lipinski definition) is 5. The Morgan fingerprint density at radius 3 is 2.81 bits per heavy atom. The zero-order chi connectivity index (χ0) is 25.1. The summed E-state index contributed by atoms with van der Waals surface area (Å²) in [5, 5.41) is 6.50. The van der Waals surface area contributed by atoms with Crippen LogP contribution in [0.1, 0.15) is 55.2 Å². The first-order valence-corrected chi connectivity index (χ1v) is 12.6. The van der Waals surface area contributed by atoms with Crippen molar-refractivity contribution in [2.45, 2.75) is 51.6 Å². The maximum Gasteiger partial charge on any atom is 0.255 e. The van der Waals surface area contributed by atoms with E-state index in [9.17, 15) is 9.18 Å². The molecule has 1 spiro atoms. The molecule has 0 bridgehead atoms. The Hall–Kier alpha value is -3.39. The number of anilines is 2. The Bertz CT molecular complexity index is 1340. The highest BCUT2D eigenvalue weighted by atomic mass is 19.1. The van der Waals surface area contributed by atoms with Gasteiger partial charge in [-0.05, 0) is 37.5 Å². The zero-order valence-electron chi connectivity index (χ0n) is 20.8. The summed E-state index contributed by atoms with van der Waals surface area (Å²) in [7, 11) is 0. The average molecular weight is 491 g/mol. The van der Waals surface area contributed by atoms with E-state index in [2.05, 4.69) is 34.4 Å². The number of H-pyrrole nitrogens is 1. The number of halogens is 1. The van der Waals surface area contributed by atoms with Gasteiger partial charge in [0.2, 0.25) is 0 Å². The topological polar surface area (TPSA) is 88.3 Å². The van der Waals surface area contributed by atoms with Crippen molar-refractivity contribution in [1.82, 2.24) is 15.3 Å². The lowest BCUT2D eigenvalue weighted by molar-refractivity contribution is -0.180. The first kappa shape index (κ1) is 23.0. The molecule has 36 heavy (non-hydrogen) atoms. The van der Waals surface area contributed by atoms with Gasteiger partial charge in [0, 0.05) is 46.1 Å². The average Bonchev–Trinajstić information content (AvgIpc) is 3.54. The van der Waals surface area contributed by atoms with Crippen LogP contribution < -0.4 is 15.4 Å². The molecule has 3 N–H and O–H groups in total. The van der Waals surface area contributed by atoms with Crippen LogP contribution in [0.2, 0.25) is 0 Å². The zero-order valence-corrected chi connectivity index (χ0v) is 20.8. The molecule has 188 valence electrons. The molecule has 0 radical (unpaired) electrons. The van der Waals surface area contributed by atoms with Crippen LogP contribution in [0.3, 0.4) is 0 Å². The highest BCUT2D eigenvalue weighted by Gasteiger charge is 2.52. The van der Waals surface area contributed by atoms with Gasteiger partial charge in [-0.2, -0.15) is 0 Å². The second-order valence-electron chi connectivity index (χ2n) is 10.8. The number of pyridine rings is 1. The van der Waals surface area contributed by atoms with Crippen LogP contribution in [-0.4, -0.2) is 41.7 Å². The van der Waals surface area contributed by atoms with Crippen molar-refractivity contribution in [2.75, 3.05) is 25.1 Å². The molecule has 4 heterocycles.